The molecule has 0 N–H and O–H groups in total. The van der Waals surface area contributed by atoms with Gasteiger partial charge in [-0.05, 0) is 54.7 Å². The van der Waals surface area contributed by atoms with Crippen LogP contribution in [-0.4, -0.2) is 37.5 Å². The number of benzene rings is 2. The fourth-order valence-electron chi connectivity index (χ4n) is 3.48. The van der Waals surface area contributed by atoms with Crippen molar-refractivity contribution in [3.63, 3.8) is 0 Å². The Labute approximate surface area is 178 Å². The van der Waals surface area contributed by atoms with Crippen LogP contribution in [0.5, 0.6) is 5.75 Å². The van der Waals surface area contributed by atoms with E-state index in [9.17, 15) is 13.2 Å². The van der Waals surface area contributed by atoms with Crippen LogP contribution in [0.4, 0.5) is 0 Å². The summed E-state index contributed by atoms with van der Waals surface area (Å²) in [6.45, 7) is 2.70. The lowest BCUT2D eigenvalue weighted by Crippen LogP contribution is -2.42. The molecule has 0 amide bonds. The Balaban J connectivity index is 1.54. The van der Waals surface area contributed by atoms with Gasteiger partial charge in [0.15, 0.2) is 0 Å². The molecule has 2 aromatic rings. The van der Waals surface area contributed by atoms with Gasteiger partial charge in [-0.3, -0.25) is 4.79 Å². The second kappa shape index (κ2) is 9.88. The van der Waals surface area contributed by atoms with Gasteiger partial charge in [-0.1, -0.05) is 37.6 Å². The third-order valence-electron chi connectivity index (χ3n) is 5.36. The van der Waals surface area contributed by atoms with E-state index in [1.54, 1.807) is 24.3 Å². The molecule has 2 aromatic carbocycles. The Kier molecular flexibility index (Phi) is 7.24. The van der Waals surface area contributed by atoms with Crippen LogP contribution in [0.1, 0.15) is 38.2 Å². The van der Waals surface area contributed by atoms with E-state index in [2.05, 4.69) is 6.07 Å². The first-order chi connectivity index (χ1) is 14.4. The van der Waals surface area contributed by atoms with Crippen molar-refractivity contribution in [3.8, 4) is 22.9 Å². The molecule has 3 rings (SSSR count). The number of ether oxygens (including phenoxy) is 1. The van der Waals surface area contributed by atoms with Crippen molar-refractivity contribution in [1.82, 2.24) is 4.31 Å². The molecule has 1 heterocycles. The van der Waals surface area contributed by atoms with Crippen molar-refractivity contribution in [2.45, 2.75) is 32.6 Å². The predicted octanol–water partition coefficient (Wildman–Crippen LogP) is 3.97. The molecule has 7 heteroatoms. The molecule has 0 atom stereocenters. The van der Waals surface area contributed by atoms with E-state index in [0.29, 0.717) is 43.7 Å². The first-order valence-electron chi connectivity index (χ1n) is 10.2. The van der Waals surface area contributed by atoms with Gasteiger partial charge in [0, 0.05) is 13.1 Å². The molecule has 0 bridgehead atoms. The van der Waals surface area contributed by atoms with Crippen LogP contribution < -0.4 is 4.74 Å². The molecule has 30 heavy (non-hydrogen) atoms. The van der Waals surface area contributed by atoms with E-state index in [1.165, 1.54) is 4.31 Å². The molecule has 1 aliphatic heterocycles. The standard InChI is InChI=1S/C23H26N2O4S/c1-2-3-16-30(27,28)25-14-12-21(13-15-25)23(26)29-22-10-8-20(9-11-22)19-6-4-18(17-24)5-7-19/h4-11,21H,2-3,12-16H2,1H3. The summed E-state index contributed by atoms with van der Waals surface area (Å²) >= 11 is 0. The topological polar surface area (TPSA) is 87.5 Å². The van der Waals surface area contributed by atoms with Crippen LogP contribution in [0.3, 0.4) is 0 Å². The van der Waals surface area contributed by atoms with Gasteiger partial charge in [0.25, 0.3) is 0 Å². The molecule has 0 radical (unpaired) electrons. The highest BCUT2D eigenvalue weighted by molar-refractivity contribution is 7.89. The third-order valence-corrected chi connectivity index (χ3v) is 7.31. The van der Waals surface area contributed by atoms with Crippen molar-refractivity contribution in [2.24, 2.45) is 5.92 Å². The van der Waals surface area contributed by atoms with Gasteiger partial charge in [-0.15, -0.1) is 0 Å². The van der Waals surface area contributed by atoms with Crippen molar-refractivity contribution >= 4 is 16.0 Å². The van der Waals surface area contributed by atoms with Crippen molar-refractivity contribution in [2.75, 3.05) is 18.8 Å². The zero-order valence-electron chi connectivity index (χ0n) is 17.1. The van der Waals surface area contributed by atoms with Gasteiger partial charge in [0.2, 0.25) is 10.0 Å². The van der Waals surface area contributed by atoms with Gasteiger partial charge in [-0.25, -0.2) is 12.7 Å². The molecule has 0 saturated carbocycles. The van der Waals surface area contributed by atoms with E-state index in [-0.39, 0.29) is 17.6 Å². The Morgan fingerprint density at radius 1 is 1.07 bits per heavy atom. The zero-order chi connectivity index (χ0) is 21.6. The van der Waals surface area contributed by atoms with Gasteiger partial charge in [0.1, 0.15) is 5.75 Å². The molecule has 158 valence electrons. The van der Waals surface area contributed by atoms with Crippen molar-refractivity contribution in [1.29, 1.82) is 5.26 Å². The third kappa shape index (κ3) is 5.47. The summed E-state index contributed by atoms with van der Waals surface area (Å²) in [5.74, 6) is 0.0347. The van der Waals surface area contributed by atoms with Gasteiger partial charge in [-0.2, -0.15) is 5.26 Å². The number of carbonyl (C=O) groups is 1. The van der Waals surface area contributed by atoms with Crippen LogP contribution in [0.2, 0.25) is 0 Å². The highest BCUT2D eigenvalue weighted by atomic mass is 32.2. The Morgan fingerprint density at radius 2 is 1.63 bits per heavy atom. The SMILES string of the molecule is CCCCS(=O)(=O)N1CCC(C(=O)Oc2ccc(-c3ccc(C#N)cc3)cc2)CC1. The lowest BCUT2D eigenvalue weighted by molar-refractivity contribution is -0.140. The van der Waals surface area contributed by atoms with Crippen LogP contribution in [0.15, 0.2) is 48.5 Å². The van der Waals surface area contributed by atoms with Crippen molar-refractivity contribution < 1.29 is 17.9 Å². The van der Waals surface area contributed by atoms with E-state index < -0.39 is 10.0 Å². The van der Waals surface area contributed by atoms with Crippen LogP contribution in [0, 0.1) is 17.2 Å². The number of piperidine rings is 1. The summed E-state index contributed by atoms with van der Waals surface area (Å²) in [4.78, 5) is 12.5. The van der Waals surface area contributed by atoms with Crippen LogP contribution in [0.25, 0.3) is 11.1 Å². The lowest BCUT2D eigenvalue weighted by Gasteiger charge is -2.30. The number of unbranched alkanes of at least 4 members (excludes halogenated alkanes) is 1. The Bertz CT molecular complexity index is 1000. The number of hydrogen-bond acceptors (Lipinski definition) is 5. The molecule has 1 aliphatic rings. The molecule has 6 nitrogen and oxygen atoms in total. The summed E-state index contributed by atoms with van der Waals surface area (Å²) in [5, 5.41) is 8.88. The number of hydrogen-bond donors (Lipinski definition) is 0. The summed E-state index contributed by atoms with van der Waals surface area (Å²) in [7, 11) is -3.23. The second-order valence-corrected chi connectivity index (χ2v) is 9.57. The molecular formula is C23H26N2O4S. The maximum Gasteiger partial charge on any atom is 0.314 e. The Hall–Kier alpha value is -2.69. The average Bonchev–Trinajstić information content (AvgIpc) is 2.78. The normalized spacial score (nSPS) is 15.5. The Morgan fingerprint density at radius 3 is 2.17 bits per heavy atom. The molecule has 0 unspecified atom stereocenters. The monoisotopic (exact) mass is 426 g/mol. The predicted molar refractivity (Wildman–Crippen MR) is 115 cm³/mol. The number of nitriles is 1. The average molecular weight is 427 g/mol. The summed E-state index contributed by atoms with van der Waals surface area (Å²) in [6, 6.07) is 16.6. The summed E-state index contributed by atoms with van der Waals surface area (Å²) in [5.41, 5.74) is 2.54. The lowest BCUT2D eigenvalue weighted by atomic mass is 9.98. The number of esters is 1. The van der Waals surface area contributed by atoms with Crippen molar-refractivity contribution in [3.05, 3.63) is 54.1 Å². The van der Waals surface area contributed by atoms with Gasteiger partial charge in [0.05, 0.1) is 23.3 Å². The minimum absolute atomic E-state index is 0.171. The first-order valence-corrected chi connectivity index (χ1v) is 11.8. The minimum atomic E-state index is -3.23. The summed E-state index contributed by atoms with van der Waals surface area (Å²) in [6.07, 6.45) is 2.45. The highest BCUT2D eigenvalue weighted by Gasteiger charge is 2.31. The van der Waals surface area contributed by atoms with E-state index in [4.69, 9.17) is 10.00 Å². The molecule has 0 spiro atoms. The number of rotatable bonds is 7. The molecule has 1 saturated heterocycles. The smallest absolute Gasteiger partial charge is 0.314 e. The van der Waals surface area contributed by atoms with E-state index in [1.807, 2.05) is 31.2 Å². The zero-order valence-corrected chi connectivity index (χ0v) is 17.9. The second-order valence-electron chi connectivity index (χ2n) is 7.48. The molecule has 0 aromatic heterocycles. The molecule has 0 aliphatic carbocycles. The van der Waals surface area contributed by atoms with E-state index >= 15 is 0 Å². The maximum absolute atomic E-state index is 12.5. The quantitative estimate of drug-likeness (QED) is 0.494. The largest absolute Gasteiger partial charge is 0.426 e. The number of nitrogens with zero attached hydrogens (tertiary/aromatic N) is 2. The molecule has 1 fully saturated rings. The number of sulfonamides is 1. The van der Waals surface area contributed by atoms with Crippen LogP contribution in [-0.2, 0) is 14.8 Å². The van der Waals surface area contributed by atoms with E-state index in [0.717, 1.165) is 17.5 Å². The minimum Gasteiger partial charge on any atom is -0.426 e. The number of carbonyl (C=O) groups excluding carboxylic acids is 1. The van der Waals surface area contributed by atoms with Gasteiger partial charge >= 0.3 is 5.97 Å². The maximum atomic E-state index is 12.5. The fourth-order valence-corrected chi connectivity index (χ4v) is 5.16. The highest BCUT2D eigenvalue weighted by Crippen LogP contribution is 2.25. The van der Waals surface area contributed by atoms with Gasteiger partial charge < -0.3 is 4.74 Å². The fraction of sp³-hybridized carbons (Fsp3) is 0.391. The van der Waals surface area contributed by atoms with Crippen LogP contribution >= 0.6 is 0 Å². The first kappa shape index (κ1) is 22.0. The summed E-state index contributed by atoms with van der Waals surface area (Å²) < 4.78 is 31.6. The molecular weight excluding hydrogens is 400 g/mol.